The summed E-state index contributed by atoms with van der Waals surface area (Å²) in [6, 6.07) is 12.5. The van der Waals surface area contributed by atoms with Crippen LogP contribution in [0.3, 0.4) is 0 Å². The number of piperidine rings is 1. The van der Waals surface area contributed by atoms with Gasteiger partial charge in [0.2, 0.25) is 10.0 Å². The SMILES string of the molecule is CC(C)(C)c1ccc(S(=O)(=O)N2CCC(N3COC(=O)c4cc(Cl)ccc43)CC2)cc1. The molecule has 2 aliphatic rings. The fourth-order valence-corrected chi connectivity index (χ4v) is 5.81. The molecule has 0 atom stereocenters. The number of sulfonamides is 1. The Balaban J connectivity index is 1.48. The van der Waals surface area contributed by atoms with Crippen LogP contribution >= 0.6 is 11.6 Å². The van der Waals surface area contributed by atoms with E-state index in [1.807, 2.05) is 23.1 Å². The average molecular weight is 463 g/mol. The Morgan fingerprint density at radius 2 is 1.68 bits per heavy atom. The largest absolute Gasteiger partial charge is 0.441 e. The Bertz CT molecular complexity index is 1090. The topological polar surface area (TPSA) is 66.9 Å². The summed E-state index contributed by atoms with van der Waals surface area (Å²) in [4.78, 5) is 14.5. The van der Waals surface area contributed by atoms with E-state index in [-0.39, 0.29) is 24.2 Å². The van der Waals surface area contributed by atoms with Crippen LogP contribution in [0.1, 0.15) is 49.5 Å². The van der Waals surface area contributed by atoms with E-state index in [0.29, 0.717) is 41.4 Å². The molecule has 0 N–H and O–H groups in total. The summed E-state index contributed by atoms with van der Waals surface area (Å²) in [6.07, 6.45) is 1.30. The van der Waals surface area contributed by atoms with E-state index in [1.165, 1.54) is 0 Å². The number of carbonyl (C=O) groups excluding carboxylic acids is 1. The molecule has 0 aliphatic carbocycles. The fraction of sp³-hybridized carbons (Fsp3) is 0.435. The minimum absolute atomic E-state index is 0.0287. The molecule has 6 nitrogen and oxygen atoms in total. The number of cyclic esters (lactones) is 1. The molecule has 1 saturated heterocycles. The second-order valence-electron chi connectivity index (χ2n) is 9.10. The third-order valence-electron chi connectivity index (χ3n) is 6.05. The first-order valence-corrected chi connectivity index (χ1v) is 12.2. The number of ether oxygens (including phenoxy) is 1. The molecule has 2 aromatic rings. The highest BCUT2D eigenvalue weighted by atomic mass is 35.5. The number of esters is 1. The molecular formula is C23H27ClN2O4S. The van der Waals surface area contributed by atoms with Crippen molar-refractivity contribution in [1.29, 1.82) is 0 Å². The quantitative estimate of drug-likeness (QED) is 0.631. The van der Waals surface area contributed by atoms with Crippen molar-refractivity contribution < 1.29 is 17.9 Å². The van der Waals surface area contributed by atoms with Crippen molar-refractivity contribution in [1.82, 2.24) is 4.31 Å². The van der Waals surface area contributed by atoms with E-state index in [9.17, 15) is 13.2 Å². The second-order valence-corrected chi connectivity index (χ2v) is 11.5. The number of benzene rings is 2. The normalized spacial score (nSPS) is 18.6. The van der Waals surface area contributed by atoms with Crippen molar-refractivity contribution in [3.05, 3.63) is 58.6 Å². The van der Waals surface area contributed by atoms with Crippen molar-refractivity contribution in [2.75, 3.05) is 24.7 Å². The van der Waals surface area contributed by atoms with Gasteiger partial charge in [-0.2, -0.15) is 4.31 Å². The highest BCUT2D eigenvalue weighted by Gasteiger charge is 2.35. The van der Waals surface area contributed by atoms with Crippen LogP contribution in [0.5, 0.6) is 0 Å². The van der Waals surface area contributed by atoms with E-state index >= 15 is 0 Å². The summed E-state index contributed by atoms with van der Waals surface area (Å²) < 4.78 is 33.2. The Kier molecular flexibility index (Phi) is 5.79. The molecule has 2 aromatic carbocycles. The van der Waals surface area contributed by atoms with Crippen molar-refractivity contribution in [3.8, 4) is 0 Å². The number of hydrogen-bond acceptors (Lipinski definition) is 5. The minimum atomic E-state index is -3.54. The van der Waals surface area contributed by atoms with Gasteiger partial charge in [0.15, 0.2) is 6.73 Å². The number of nitrogens with zero attached hydrogens (tertiary/aromatic N) is 2. The minimum Gasteiger partial charge on any atom is -0.441 e. The van der Waals surface area contributed by atoms with Crippen LogP contribution in [0.25, 0.3) is 0 Å². The van der Waals surface area contributed by atoms with E-state index < -0.39 is 10.0 Å². The first kappa shape index (κ1) is 22.1. The van der Waals surface area contributed by atoms with Gasteiger partial charge in [0.1, 0.15) is 0 Å². The molecule has 4 rings (SSSR count). The van der Waals surface area contributed by atoms with Crippen LogP contribution in [-0.2, 0) is 20.2 Å². The maximum atomic E-state index is 13.1. The van der Waals surface area contributed by atoms with Gasteiger partial charge in [-0.1, -0.05) is 44.5 Å². The molecule has 0 spiro atoms. The monoisotopic (exact) mass is 462 g/mol. The molecule has 2 heterocycles. The standard InChI is InChI=1S/C23H27ClN2O4S/c1-23(2,3)16-4-7-19(8-5-16)31(28,29)25-12-10-18(11-13-25)26-15-30-22(27)20-14-17(24)6-9-21(20)26/h4-9,14,18H,10-13,15H2,1-3H3. The van der Waals surface area contributed by atoms with Crippen LogP contribution in [-0.4, -0.2) is 44.6 Å². The van der Waals surface area contributed by atoms with Crippen LogP contribution in [0.15, 0.2) is 47.4 Å². The molecule has 0 radical (unpaired) electrons. The van der Waals surface area contributed by atoms with E-state index in [1.54, 1.807) is 28.6 Å². The molecule has 0 bridgehead atoms. The number of rotatable bonds is 3. The number of fused-ring (bicyclic) bond motifs is 1. The molecule has 0 amide bonds. The fourth-order valence-electron chi connectivity index (χ4n) is 4.17. The summed E-state index contributed by atoms with van der Waals surface area (Å²) in [5, 5.41) is 0.482. The summed E-state index contributed by atoms with van der Waals surface area (Å²) in [5.74, 6) is -0.382. The van der Waals surface area contributed by atoms with Gasteiger partial charge in [-0.25, -0.2) is 13.2 Å². The van der Waals surface area contributed by atoms with Gasteiger partial charge >= 0.3 is 5.97 Å². The number of halogens is 1. The Morgan fingerprint density at radius 3 is 2.29 bits per heavy atom. The molecule has 0 unspecified atom stereocenters. The van der Waals surface area contributed by atoms with Gasteiger partial charge in [0.25, 0.3) is 0 Å². The lowest BCUT2D eigenvalue weighted by Crippen LogP contribution is -2.49. The number of carbonyl (C=O) groups is 1. The lowest BCUT2D eigenvalue weighted by atomic mass is 9.87. The Hall–Kier alpha value is -2.09. The summed E-state index contributed by atoms with van der Waals surface area (Å²) in [5.41, 5.74) is 2.31. The molecule has 8 heteroatoms. The van der Waals surface area contributed by atoms with Crippen LogP contribution in [0, 0.1) is 0 Å². The van der Waals surface area contributed by atoms with Gasteiger partial charge in [-0.15, -0.1) is 0 Å². The predicted molar refractivity (Wildman–Crippen MR) is 121 cm³/mol. The van der Waals surface area contributed by atoms with Gasteiger partial charge in [-0.05, 0) is 54.2 Å². The van der Waals surface area contributed by atoms with Crippen LogP contribution in [0.2, 0.25) is 5.02 Å². The van der Waals surface area contributed by atoms with E-state index in [4.69, 9.17) is 16.3 Å². The van der Waals surface area contributed by atoms with Crippen LogP contribution in [0.4, 0.5) is 5.69 Å². The summed E-state index contributed by atoms with van der Waals surface area (Å²) >= 11 is 6.04. The lowest BCUT2D eigenvalue weighted by molar-refractivity contribution is 0.0463. The van der Waals surface area contributed by atoms with Gasteiger partial charge in [0.05, 0.1) is 16.1 Å². The first-order chi connectivity index (χ1) is 14.6. The molecule has 166 valence electrons. The van der Waals surface area contributed by atoms with E-state index in [2.05, 4.69) is 20.8 Å². The van der Waals surface area contributed by atoms with Gasteiger partial charge < -0.3 is 9.64 Å². The van der Waals surface area contributed by atoms with E-state index in [0.717, 1.165) is 11.3 Å². The zero-order valence-corrected chi connectivity index (χ0v) is 19.5. The maximum Gasteiger partial charge on any atom is 0.342 e. The third kappa shape index (κ3) is 4.31. The molecular weight excluding hydrogens is 436 g/mol. The highest BCUT2D eigenvalue weighted by Crippen LogP contribution is 2.33. The average Bonchev–Trinajstić information content (AvgIpc) is 2.74. The summed E-state index contributed by atoms with van der Waals surface area (Å²) in [7, 11) is -3.54. The van der Waals surface area contributed by atoms with Crippen molar-refractivity contribution in [2.24, 2.45) is 0 Å². The number of anilines is 1. The molecule has 0 saturated carbocycles. The Labute approximate surface area is 188 Å². The maximum absolute atomic E-state index is 13.1. The van der Waals surface area contributed by atoms with Crippen molar-refractivity contribution >= 4 is 33.3 Å². The molecule has 31 heavy (non-hydrogen) atoms. The van der Waals surface area contributed by atoms with Crippen molar-refractivity contribution in [3.63, 3.8) is 0 Å². The smallest absolute Gasteiger partial charge is 0.342 e. The van der Waals surface area contributed by atoms with Gasteiger partial charge in [0, 0.05) is 24.2 Å². The number of hydrogen-bond donors (Lipinski definition) is 0. The second kappa shape index (κ2) is 8.11. The predicted octanol–water partition coefficient (Wildman–Crippen LogP) is 4.43. The third-order valence-corrected chi connectivity index (χ3v) is 8.19. The molecule has 2 aliphatic heterocycles. The van der Waals surface area contributed by atoms with Crippen LogP contribution < -0.4 is 4.90 Å². The summed E-state index contributed by atoms with van der Waals surface area (Å²) in [6.45, 7) is 7.31. The highest BCUT2D eigenvalue weighted by molar-refractivity contribution is 7.89. The zero-order valence-electron chi connectivity index (χ0n) is 18.0. The lowest BCUT2D eigenvalue weighted by Gasteiger charge is -2.41. The molecule has 0 aromatic heterocycles. The molecule has 1 fully saturated rings. The Morgan fingerprint density at radius 1 is 1.03 bits per heavy atom. The zero-order chi connectivity index (χ0) is 22.4. The first-order valence-electron chi connectivity index (χ1n) is 10.4. The van der Waals surface area contributed by atoms with Crippen molar-refractivity contribution in [2.45, 2.75) is 50.0 Å². The van der Waals surface area contributed by atoms with Gasteiger partial charge in [-0.3, -0.25) is 0 Å².